The van der Waals surface area contributed by atoms with Crippen molar-refractivity contribution in [3.05, 3.63) is 101 Å². The van der Waals surface area contributed by atoms with Gasteiger partial charge in [-0.2, -0.15) is 0 Å². The number of amides is 4. The normalized spacial score (nSPS) is 32.8. The summed E-state index contributed by atoms with van der Waals surface area (Å²) in [6, 6.07) is 13.8. The molecule has 0 bridgehead atoms. The van der Waals surface area contributed by atoms with E-state index in [0.717, 1.165) is 11.1 Å². The van der Waals surface area contributed by atoms with Gasteiger partial charge in [-0.3, -0.25) is 28.8 Å². The first-order valence-electron chi connectivity index (χ1n) is 24.1. The highest BCUT2D eigenvalue weighted by Gasteiger charge is 2.80. The fourth-order valence-electron chi connectivity index (χ4n) is 12.2. The summed E-state index contributed by atoms with van der Waals surface area (Å²) < 4.78 is 47.1. The Hall–Kier alpha value is -5.75. The molecule has 17 heteroatoms. The minimum Gasteiger partial charge on any atom is -0.390 e. The molecule has 70 heavy (non-hydrogen) atoms. The molecule has 374 valence electrons. The Bertz CT molecular complexity index is 2530. The predicted molar refractivity (Wildman–Crippen MR) is 248 cm³/mol. The van der Waals surface area contributed by atoms with E-state index in [0.29, 0.717) is 34.7 Å². The smallest absolute Gasteiger partial charge is 0.333 e. The SMILES string of the molecule is C=C1C=C[C@@]2(C)C(=C1)[C@@H](F)C[C@H]1[C@@H]3C[C@H]4O[C@@H](c5ccc(Cc6cccc(NC(=O)[C@H](C)CC(=O)[C@H](C)NC(=O)CCCCC(=O)ON7C(=O)CCC7=O)c6)cc5)O[C@@]4(C(=O)CO)[C@@]3(C)C[C@H](O)[C@@]12F. The molecule has 6 aliphatic rings. The number of ketones is 2. The molecule has 8 rings (SSSR count). The molecule has 3 saturated carbocycles. The number of hydroxylamine groups is 2. The van der Waals surface area contributed by atoms with E-state index >= 15 is 8.78 Å². The van der Waals surface area contributed by atoms with E-state index in [2.05, 4.69) is 17.2 Å². The zero-order valence-corrected chi connectivity index (χ0v) is 39.8. The highest BCUT2D eigenvalue weighted by atomic mass is 19.1. The number of halogens is 2. The molecule has 4 amide bonds. The van der Waals surface area contributed by atoms with Crippen molar-refractivity contribution in [2.75, 3.05) is 11.9 Å². The van der Waals surface area contributed by atoms with Gasteiger partial charge in [0, 0.05) is 66.0 Å². The third-order valence-electron chi connectivity index (χ3n) is 15.9. The molecule has 0 spiro atoms. The second-order valence-corrected chi connectivity index (χ2v) is 20.4. The molecule has 4 aliphatic carbocycles. The summed E-state index contributed by atoms with van der Waals surface area (Å²) in [4.78, 5) is 92.7. The van der Waals surface area contributed by atoms with E-state index in [4.69, 9.17) is 14.3 Å². The number of aliphatic hydroxyl groups is 2. The van der Waals surface area contributed by atoms with E-state index in [1.165, 1.54) is 6.92 Å². The second-order valence-electron chi connectivity index (χ2n) is 20.4. The molecule has 2 aromatic rings. The van der Waals surface area contributed by atoms with Crippen molar-refractivity contribution < 1.29 is 66.9 Å². The van der Waals surface area contributed by atoms with Crippen LogP contribution in [0.4, 0.5) is 14.5 Å². The van der Waals surface area contributed by atoms with Gasteiger partial charge in [0.15, 0.2) is 29.1 Å². The molecular formula is C53H61F2N3O12. The zero-order chi connectivity index (χ0) is 50.5. The highest BCUT2D eigenvalue weighted by molar-refractivity contribution is 6.01. The summed E-state index contributed by atoms with van der Waals surface area (Å²) in [5, 5.41) is 28.2. The van der Waals surface area contributed by atoms with Crippen LogP contribution in [0, 0.1) is 28.6 Å². The molecule has 4 N–H and O–H groups in total. The number of alkyl halides is 2. The molecule has 2 aromatic carbocycles. The van der Waals surface area contributed by atoms with Gasteiger partial charge >= 0.3 is 5.97 Å². The lowest BCUT2D eigenvalue weighted by Crippen LogP contribution is -2.70. The highest BCUT2D eigenvalue weighted by Crippen LogP contribution is 2.72. The van der Waals surface area contributed by atoms with Crippen molar-refractivity contribution in [1.82, 2.24) is 10.4 Å². The minimum absolute atomic E-state index is 0.00979. The lowest BCUT2D eigenvalue weighted by Gasteiger charge is -2.63. The Morgan fingerprint density at radius 3 is 2.37 bits per heavy atom. The molecule has 2 saturated heterocycles. The van der Waals surface area contributed by atoms with Gasteiger partial charge in [0.05, 0.1) is 18.2 Å². The van der Waals surface area contributed by atoms with Crippen LogP contribution in [0.25, 0.3) is 0 Å². The van der Waals surface area contributed by atoms with E-state index in [-0.39, 0.29) is 75.1 Å². The van der Waals surface area contributed by atoms with Gasteiger partial charge in [-0.15, -0.1) is 5.06 Å². The van der Waals surface area contributed by atoms with Crippen LogP contribution < -0.4 is 10.6 Å². The first kappa shape index (κ1) is 50.6. The number of allylic oxidation sites excluding steroid dienone is 5. The lowest BCUT2D eigenvalue weighted by atomic mass is 9.44. The summed E-state index contributed by atoms with van der Waals surface area (Å²) in [5.74, 6) is -5.99. The van der Waals surface area contributed by atoms with Gasteiger partial charge < -0.3 is 35.2 Å². The number of imide groups is 1. The first-order valence-corrected chi connectivity index (χ1v) is 24.1. The van der Waals surface area contributed by atoms with E-state index < -0.39 is 107 Å². The maximum Gasteiger partial charge on any atom is 0.333 e. The van der Waals surface area contributed by atoms with E-state index in [9.17, 15) is 43.8 Å². The average molecular weight is 970 g/mol. The van der Waals surface area contributed by atoms with Crippen LogP contribution >= 0.6 is 0 Å². The number of carbonyl (C=O) groups is 7. The fourth-order valence-corrected chi connectivity index (χ4v) is 12.2. The molecule has 0 aromatic heterocycles. The van der Waals surface area contributed by atoms with Crippen molar-refractivity contribution in [2.24, 2.45) is 28.6 Å². The predicted octanol–water partition coefficient (Wildman–Crippen LogP) is 6.11. The van der Waals surface area contributed by atoms with Gasteiger partial charge in [0.1, 0.15) is 12.8 Å². The summed E-state index contributed by atoms with van der Waals surface area (Å²) in [6.45, 7) is 9.58. The lowest BCUT2D eigenvalue weighted by molar-refractivity contribution is -0.235. The molecule has 5 fully saturated rings. The molecule has 2 heterocycles. The van der Waals surface area contributed by atoms with Gasteiger partial charge in [-0.1, -0.05) is 75.1 Å². The quantitative estimate of drug-likeness (QED) is 0.104. The topological polar surface area (TPSA) is 215 Å². The summed E-state index contributed by atoms with van der Waals surface area (Å²) >= 11 is 0. The number of carbonyl (C=O) groups excluding carboxylic acids is 7. The zero-order valence-electron chi connectivity index (χ0n) is 39.8. The van der Waals surface area contributed by atoms with Crippen molar-refractivity contribution in [1.29, 1.82) is 0 Å². The van der Waals surface area contributed by atoms with Gasteiger partial charge in [0.25, 0.3) is 11.8 Å². The standard InChI is InChI=1S/C53H61F2N3O12/c1-29-19-20-50(4)38(21-29)39(54)25-37-36-26-43-53(42(62)28-59,51(36,5)27-41(61)52(37,50)55)69-49(68-43)34-15-13-32(14-16-34)23-33-9-8-10-35(24-33)57-48(67)30(2)22-40(60)31(3)56-44(63)11-6-7-12-47(66)70-58-45(64)17-18-46(58)65/h8-10,13-16,19-21,24,30-31,36-37,39,41,43,49,59,61H,1,6-7,11-12,17-18,22-23,25-28H2,2-5H3,(H,56,63)(H,57,67)/t30-,31+,36+,37+,39+,41+,43-,49-,50+,51+,52+,53-/m1/s1. The van der Waals surface area contributed by atoms with Crippen LogP contribution in [0.1, 0.15) is 115 Å². The number of nitrogens with zero attached hydrogens (tertiary/aromatic N) is 1. The number of aliphatic hydroxyl groups excluding tert-OH is 2. The van der Waals surface area contributed by atoms with Gasteiger partial charge in [-0.05, 0) is 92.7 Å². The Labute approximate surface area is 405 Å². The Balaban J connectivity index is 0.833. The number of rotatable bonds is 17. The first-order chi connectivity index (χ1) is 33.1. The monoisotopic (exact) mass is 969 g/mol. The maximum atomic E-state index is 17.8. The minimum atomic E-state index is -2.25. The number of anilines is 1. The van der Waals surface area contributed by atoms with Crippen LogP contribution in [0.15, 0.2) is 84.5 Å². The fraction of sp³-hybridized carbons (Fsp3) is 0.528. The maximum absolute atomic E-state index is 17.8. The van der Waals surface area contributed by atoms with Crippen LogP contribution in [0.2, 0.25) is 0 Å². The number of benzene rings is 2. The van der Waals surface area contributed by atoms with Crippen molar-refractivity contribution >= 4 is 46.9 Å². The van der Waals surface area contributed by atoms with Crippen LogP contribution in [0.3, 0.4) is 0 Å². The van der Waals surface area contributed by atoms with Crippen molar-refractivity contribution in [3.63, 3.8) is 0 Å². The Morgan fingerprint density at radius 2 is 1.67 bits per heavy atom. The number of fused-ring (bicyclic) bond motifs is 7. The van der Waals surface area contributed by atoms with Gasteiger partial charge in [-0.25, -0.2) is 13.6 Å². The molecular weight excluding hydrogens is 909 g/mol. The summed E-state index contributed by atoms with van der Waals surface area (Å²) in [6.07, 6.45) is 0.442. The number of nitrogens with one attached hydrogen (secondary N) is 2. The third kappa shape index (κ3) is 8.87. The Kier molecular flexibility index (Phi) is 14.1. The van der Waals surface area contributed by atoms with E-state index in [1.54, 1.807) is 51.1 Å². The van der Waals surface area contributed by atoms with Crippen LogP contribution in [-0.4, -0.2) is 98.7 Å². The van der Waals surface area contributed by atoms with Crippen LogP contribution in [-0.2, 0) is 54.3 Å². The van der Waals surface area contributed by atoms with Crippen LogP contribution in [0.5, 0.6) is 0 Å². The average Bonchev–Trinajstić information content (AvgIpc) is 3.94. The van der Waals surface area contributed by atoms with E-state index in [1.807, 2.05) is 36.4 Å². The number of unbranched alkanes of at least 4 members (excludes halogenated alkanes) is 1. The van der Waals surface area contributed by atoms with Gasteiger partial charge in [0.2, 0.25) is 11.8 Å². The molecule has 0 radical (unpaired) electrons. The largest absolute Gasteiger partial charge is 0.390 e. The molecule has 0 unspecified atom stereocenters. The summed E-state index contributed by atoms with van der Waals surface area (Å²) in [5.41, 5.74) is -2.93. The number of hydrogen-bond donors (Lipinski definition) is 4. The second kappa shape index (κ2) is 19.5. The number of ether oxygens (including phenoxy) is 2. The Morgan fingerprint density at radius 1 is 0.971 bits per heavy atom. The van der Waals surface area contributed by atoms with Crippen molar-refractivity contribution in [2.45, 2.75) is 140 Å². The summed E-state index contributed by atoms with van der Waals surface area (Å²) in [7, 11) is 0. The third-order valence-corrected chi connectivity index (χ3v) is 15.9. The molecule has 12 atom stereocenters. The van der Waals surface area contributed by atoms with Crippen molar-refractivity contribution in [3.8, 4) is 0 Å². The number of Topliss-reactive ketones (excluding diaryl/α,β-unsaturated/α-hetero) is 2. The number of hydrogen-bond acceptors (Lipinski definition) is 12. The molecule has 15 nitrogen and oxygen atoms in total. The molecule has 2 aliphatic heterocycles.